The summed E-state index contributed by atoms with van der Waals surface area (Å²) in [6.45, 7) is 11.6. The third-order valence-electron chi connectivity index (χ3n) is 6.09. The van der Waals surface area contributed by atoms with Crippen LogP contribution in [0.15, 0.2) is 24.3 Å². The molecule has 0 spiro atoms. The summed E-state index contributed by atoms with van der Waals surface area (Å²) in [5.41, 5.74) is 2.79. The van der Waals surface area contributed by atoms with E-state index in [4.69, 9.17) is 0 Å². The molecule has 26 heavy (non-hydrogen) atoms. The van der Waals surface area contributed by atoms with Crippen molar-refractivity contribution in [3.63, 3.8) is 0 Å². The van der Waals surface area contributed by atoms with Crippen LogP contribution in [0.2, 0.25) is 0 Å². The molecule has 1 aliphatic heterocycles. The van der Waals surface area contributed by atoms with E-state index in [1.807, 2.05) is 0 Å². The molecule has 0 unspecified atom stereocenters. The van der Waals surface area contributed by atoms with Gasteiger partial charge in [0.2, 0.25) is 5.91 Å². The Morgan fingerprint density at radius 1 is 1.04 bits per heavy atom. The largest absolute Gasteiger partial charge is 0.352 e. The van der Waals surface area contributed by atoms with Gasteiger partial charge in [-0.15, -0.1) is 0 Å². The third kappa shape index (κ3) is 5.08. The van der Waals surface area contributed by atoms with Crippen molar-refractivity contribution in [2.75, 3.05) is 26.2 Å². The van der Waals surface area contributed by atoms with Gasteiger partial charge in [0.25, 0.3) is 0 Å². The molecular formula is C22H35N3O. The summed E-state index contributed by atoms with van der Waals surface area (Å²) in [5.74, 6) is 0.805. The fourth-order valence-corrected chi connectivity index (χ4v) is 4.13. The van der Waals surface area contributed by atoms with Crippen LogP contribution in [-0.2, 0) is 11.3 Å². The number of carbonyl (C=O) groups excluding carboxylic acids is 1. The minimum atomic E-state index is -0.0110. The minimum Gasteiger partial charge on any atom is -0.352 e. The van der Waals surface area contributed by atoms with Crippen molar-refractivity contribution >= 4 is 5.91 Å². The van der Waals surface area contributed by atoms with E-state index in [9.17, 15) is 4.79 Å². The van der Waals surface area contributed by atoms with Gasteiger partial charge in [0, 0.05) is 38.8 Å². The number of piperazine rings is 1. The lowest BCUT2D eigenvalue weighted by Gasteiger charge is -2.37. The fourth-order valence-electron chi connectivity index (χ4n) is 4.13. The van der Waals surface area contributed by atoms with Crippen molar-refractivity contribution in [1.82, 2.24) is 15.1 Å². The SMILES string of the molecule is CC(C)c1ccc(CN2CCN([C@H](C)C(=O)NC3CCCC3)CC2)cc1. The first kappa shape index (κ1) is 19.4. The van der Waals surface area contributed by atoms with Crippen LogP contribution in [0.1, 0.15) is 63.5 Å². The van der Waals surface area contributed by atoms with Gasteiger partial charge in [-0.25, -0.2) is 0 Å². The van der Waals surface area contributed by atoms with Gasteiger partial charge in [-0.1, -0.05) is 51.0 Å². The van der Waals surface area contributed by atoms with Crippen LogP contribution in [-0.4, -0.2) is 54.0 Å². The molecule has 1 aliphatic carbocycles. The van der Waals surface area contributed by atoms with Crippen molar-refractivity contribution in [3.05, 3.63) is 35.4 Å². The second-order valence-electron chi connectivity index (χ2n) is 8.37. The smallest absolute Gasteiger partial charge is 0.237 e. The average Bonchev–Trinajstić information content (AvgIpc) is 3.15. The molecule has 1 N–H and O–H groups in total. The lowest BCUT2D eigenvalue weighted by molar-refractivity contribution is -0.127. The summed E-state index contributed by atoms with van der Waals surface area (Å²) in [7, 11) is 0. The molecule has 1 aromatic carbocycles. The van der Waals surface area contributed by atoms with E-state index in [1.165, 1.54) is 24.0 Å². The molecule has 144 valence electrons. The highest BCUT2D eigenvalue weighted by molar-refractivity contribution is 5.81. The summed E-state index contributed by atoms with van der Waals surface area (Å²) in [6, 6.07) is 9.44. The lowest BCUT2D eigenvalue weighted by atomic mass is 10.0. The van der Waals surface area contributed by atoms with E-state index < -0.39 is 0 Å². The van der Waals surface area contributed by atoms with Gasteiger partial charge < -0.3 is 5.32 Å². The molecule has 1 saturated heterocycles. The Morgan fingerprint density at radius 2 is 1.65 bits per heavy atom. The van der Waals surface area contributed by atoms with Gasteiger partial charge >= 0.3 is 0 Å². The lowest BCUT2D eigenvalue weighted by Crippen LogP contribution is -2.54. The first-order valence-electron chi connectivity index (χ1n) is 10.4. The highest BCUT2D eigenvalue weighted by atomic mass is 16.2. The first-order chi connectivity index (χ1) is 12.5. The average molecular weight is 358 g/mol. The molecule has 1 saturated carbocycles. The van der Waals surface area contributed by atoms with Crippen LogP contribution < -0.4 is 5.32 Å². The molecule has 3 rings (SSSR count). The molecule has 2 aliphatic rings. The second-order valence-corrected chi connectivity index (χ2v) is 8.37. The number of nitrogens with one attached hydrogen (secondary N) is 1. The number of carbonyl (C=O) groups is 1. The van der Waals surface area contributed by atoms with Crippen LogP contribution in [0.5, 0.6) is 0 Å². The van der Waals surface area contributed by atoms with E-state index in [1.54, 1.807) is 0 Å². The Morgan fingerprint density at radius 3 is 2.23 bits per heavy atom. The van der Waals surface area contributed by atoms with E-state index in [0.29, 0.717) is 12.0 Å². The molecule has 2 fully saturated rings. The van der Waals surface area contributed by atoms with Gasteiger partial charge in [-0.2, -0.15) is 0 Å². The Hall–Kier alpha value is -1.39. The van der Waals surface area contributed by atoms with E-state index >= 15 is 0 Å². The summed E-state index contributed by atoms with van der Waals surface area (Å²) < 4.78 is 0. The quantitative estimate of drug-likeness (QED) is 0.848. The molecule has 4 heteroatoms. The minimum absolute atomic E-state index is 0.0110. The number of amides is 1. The van der Waals surface area contributed by atoms with Crippen LogP contribution >= 0.6 is 0 Å². The summed E-state index contributed by atoms with van der Waals surface area (Å²) in [6.07, 6.45) is 4.83. The normalized spacial score (nSPS) is 21.2. The van der Waals surface area contributed by atoms with Crippen molar-refractivity contribution in [2.45, 2.75) is 71.0 Å². The van der Waals surface area contributed by atoms with Crippen molar-refractivity contribution in [3.8, 4) is 0 Å². The molecule has 1 aromatic rings. The third-order valence-corrected chi connectivity index (χ3v) is 6.09. The van der Waals surface area contributed by atoms with Gasteiger partial charge in [0.1, 0.15) is 0 Å². The second kappa shape index (κ2) is 9.01. The highest BCUT2D eigenvalue weighted by Gasteiger charge is 2.27. The number of nitrogens with zero attached hydrogens (tertiary/aromatic N) is 2. The van der Waals surface area contributed by atoms with Gasteiger partial charge in [-0.3, -0.25) is 14.6 Å². The van der Waals surface area contributed by atoms with Crippen molar-refractivity contribution in [1.29, 1.82) is 0 Å². The highest BCUT2D eigenvalue weighted by Crippen LogP contribution is 2.19. The maximum Gasteiger partial charge on any atom is 0.237 e. The summed E-state index contributed by atoms with van der Waals surface area (Å²) in [5, 5.41) is 3.25. The first-order valence-corrected chi connectivity index (χ1v) is 10.4. The zero-order valence-electron chi connectivity index (χ0n) is 16.7. The van der Waals surface area contributed by atoms with E-state index in [-0.39, 0.29) is 11.9 Å². The number of hydrogen-bond donors (Lipinski definition) is 1. The Kier molecular flexibility index (Phi) is 6.71. The Labute approximate surface area is 158 Å². The number of hydrogen-bond acceptors (Lipinski definition) is 3. The molecule has 1 heterocycles. The van der Waals surface area contributed by atoms with E-state index in [2.05, 4.69) is 60.2 Å². The Balaban J connectivity index is 1.43. The molecule has 1 atom stereocenters. The summed E-state index contributed by atoms with van der Waals surface area (Å²) >= 11 is 0. The predicted molar refractivity (Wildman–Crippen MR) is 107 cm³/mol. The molecule has 0 aromatic heterocycles. The topological polar surface area (TPSA) is 35.6 Å². The summed E-state index contributed by atoms with van der Waals surface area (Å²) in [4.78, 5) is 17.3. The van der Waals surface area contributed by atoms with E-state index in [0.717, 1.165) is 45.6 Å². The molecule has 1 amide bonds. The van der Waals surface area contributed by atoms with Gasteiger partial charge in [0.15, 0.2) is 0 Å². The van der Waals surface area contributed by atoms with Crippen LogP contribution in [0, 0.1) is 0 Å². The fraction of sp³-hybridized carbons (Fsp3) is 0.682. The zero-order chi connectivity index (χ0) is 18.5. The molecule has 0 radical (unpaired) electrons. The van der Waals surface area contributed by atoms with Crippen molar-refractivity contribution < 1.29 is 4.79 Å². The standard InChI is InChI=1S/C22H35N3O/c1-17(2)20-10-8-19(9-11-20)16-24-12-14-25(15-13-24)18(3)22(26)23-21-6-4-5-7-21/h8-11,17-18,21H,4-7,12-16H2,1-3H3,(H,23,26)/t18-/m1/s1. The van der Waals surface area contributed by atoms with Crippen LogP contribution in [0.4, 0.5) is 0 Å². The van der Waals surface area contributed by atoms with Gasteiger partial charge in [0.05, 0.1) is 6.04 Å². The van der Waals surface area contributed by atoms with Crippen molar-refractivity contribution in [2.24, 2.45) is 0 Å². The predicted octanol–water partition coefficient (Wildman–Crippen LogP) is 3.37. The molecule has 4 nitrogen and oxygen atoms in total. The Bertz CT molecular complexity index is 570. The van der Waals surface area contributed by atoms with Crippen LogP contribution in [0.25, 0.3) is 0 Å². The van der Waals surface area contributed by atoms with Crippen LogP contribution in [0.3, 0.4) is 0 Å². The maximum atomic E-state index is 12.5. The molecular weight excluding hydrogens is 322 g/mol. The maximum absolute atomic E-state index is 12.5. The van der Waals surface area contributed by atoms with Gasteiger partial charge in [-0.05, 0) is 36.8 Å². The molecule has 0 bridgehead atoms. The number of rotatable bonds is 6. The monoisotopic (exact) mass is 357 g/mol. The zero-order valence-corrected chi connectivity index (χ0v) is 16.7. The number of benzene rings is 1.